The first-order valence-corrected chi connectivity index (χ1v) is 10.0. The summed E-state index contributed by atoms with van der Waals surface area (Å²) in [6.07, 6.45) is 13.6. The van der Waals surface area contributed by atoms with Crippen molar-refractivity contribution < 1.29 is 24.8 Å². The fourth-order valence-corrected chi connectivity index (χ4v) is 3.21. The van der Waals surface area contributed by atoms with E-state index in [1.165, 1.54) is 51.4 Å². The number of aliphatic hydroxyl groups is 3. The number of hydrogen-bond acceptors (Lipinski definition) is 5. The average Bonchev–Trinajstić information content (AvgIpc) is 2.61. The first kappa shape index (κ1) is 22.6. The normalized spacial score (nSPS) is 27.2. The van der Waals surface area contributed by atoms with E-state index >= 15 is 0 Å². The molecule has 0 aliphatic carbocycles. The Kier molecular flexibility index (Phi) is 13.3. The minimum absolute atomic E-state index is 0.0989. The molecular formula is C20H38O5. The molecule has 3 N–H and O–H groups in total. The summed E-state index contributed by atoms with van der Waals surface area (Å²) in [4.78, 5) is 0. The molecule has 0 aromatic rings. The van der Waals surface area contributed by atoms with E-state index in [9.17, 15) is 10.2 Å². The summed E-state index contributed by atoms with van der Waals surface area (Å²) in [6.45, 7) is 2.44. The van der Waals surface area contributed by atoms with Gasteiger partial charge in [0.05, 0.1) is 13.2 Å². The van der Waals surface area contributed by atoms with Crippen LogP contribution >= 0.6 is 0 Å². The molecule has 0 unspecified atom stereocenters. The van der Waals surface area contributed by atoms with Crippen molar-refractivity contribution in [3.05, 3.63) is 12.2 Å². The topological polar surface area (TPSA) is 79.2 Å². The Hall–Kier alpha value is -0.460. The zero-order chi connectivity index (χ0) is 18.3. The van der Waals surface area contributed by atoms with Crippen molar-refractivity contribution >= 4 is 0 Å². The van der Waals surface area contributed by atoms with E-state index in [2.05, 4.69) is 19.1 Å². The molecule has 1 fully saturated rings. The van der Waals surface area contributed by atoms with Gasteiger partial charge in [0.1, 0.15) is 24.4 Å². The predicted octanol–water partition coefficient (Wildman–Crippen LogP) is 2.96. The van der Waals surface area contributed by atoms with Gasteiger partial charge in [-0.2, -0.15) is 0 Å². The Morgan fingerprint density at radius 2 is 1.56 bits per heavy atom. The van der Waals surface area contributed by atoms with E-state index in [-0.39, 0.29) is 13.2 Å². The highest BCUT2D eigenvalue weighted by Gasteiger charge is 2.38. The van der Waals surface area contributed by atoms with Crippen LogP contribution in [0.25, 0.3) is 0 Å². The molecule has 0 bridgehead atoms. The van der Waals surface area contributed by atoms with Crippen LogP contribution in [0.5, 0.6) is 0 Å². The summed E-state index contributed by atoms with van der Waals surface area (Å²) in [5.41, 5.74) is 0. The maximum Gasteiger partial charge on any atom is 0.114 e. The quantitative estimate of drug-likeness (QED) is 0.329. The predicted molar refractivity (Wildman–Crippen MR) is 99.6 cm³/mol. The second-order valence-electron chi connectivity index (χ2n) is 6.99. The lowest BCUT2D eigenvalue weighted by atomic mass is 10.0. The first-order chi connectivity index (χ1) is 12.2. The maximum absolute atomic E-state index is 10.0. The highest BCUT2D eigenvalue weighted by molar-refractivity contribution is 4.87. The first-order valence-electron chi connectivity index (χ1n) is 10.0. The largest absolute Gasteiger partial charge is 0.394 e. The van der Waals surface area contributed by atoms with Crippen LogP contribution in [0, 0.1) is 0 Å². The van der Waals surface area contributed by atoms with Crippen molar-refractivity contribution in [2.45, 2.75) is 95.5 Å². The average molecular weight is 359 g/mol. The Balaban J connectivity index is 1.93. The van der Waals surface area contributed by atoms with Crippen molar-refractivity contribution in [2.75, 3.05) is 19.8 Å². The molecule has 4 atom stereocenters. The van der Waals surface area contributed by atoms with Crippen LogP contribution in [-0.4, -0.2) is 59.6 Å². The van der Waals surface area contributed by atoms with Gasteiger partial charge in [0.2, 0.25) is 0 Å². The van der Waals surface area contributed by atoms with Crippen LogP contribution in [0.1, 0.15) is 71.1 Å². The minimum atomic E-state index is -0.971. The lowest BCUT2D eigenvalue weighted by molar-refractivity contribution is -0.210. The van der Waals surface area contributed by atoms with Gasteiger partial charge in [-0.05, 0) is 26.2 Å². The standard InChI is InChI=1S/C20H38O5/c1-2-3-4-5-6-7-8-9-10-11-12-13-14-24-20-17(22)16-25-18(15-21)19(20)23/h2-3,17-23H,4-16H2,1H3/b3-2+/t17-,18+,19+,20+/m1/s1. The van der Waals surface area contributed by atoms with E-state index in [4.69, 9.17) is 14.6 Å². The van der Waals surface area contributed by atoms with E-state index in [1.807, 2.05) is 0 Å². The lowest BCUT2D eigenvalue weighted by Crippen LogP contribution is -2.55. The van der Waals surface area contributed by atoms with Gasteiger partial charge in [0.15, 0.2) is 0 Å². The number of rotatable bonds is 14. The molecule has 0 amide bonds. The van der Waals surface area contributed by atoms with Gasteiger partial charge < -0.3 is 24.8 Å². The summed E-state index contributed by atoms with van der Waals surface area (Å²) in [7, 11) is 0. The van der Waals surface area contributed by atoms with Crippen LogP contribution in [-0.2, 0) is 9.47 Å². The summed E-state index contributed by atoms with van der Waals surface area (Å²) in [5.74, 6) is 0. The third-order valence-electron chi connectivity index (χ3n) is 4.82. The Bertz CT molecular complexity index is 334. The zero-order valence-corrected chi connectivity index (χ0v) is 15.8. The fourth-order valence-electron chi connectivity index (χ4n) is 3.21. The summed E-state index contributed by atoms with van der Waals surface area (Å²) in [5, 5.41) is 29.0. The molecule has 148 valence electrons. The van der Waals surface area contributed by atoms with E-state index in [0.29, 0.717) is 6.61 Å². The van der Waals surface area contributed by atoms with Gasteiger partial charge in [-0.25, -0.2) is 0 Å². The van der Waals surface area contributed by atoms with Gasteiger partial charge in [0, 0.05) is 6.61 Å². The molecule has 0 radical (unpaired) electrons. The van der Waals surface area contributed by atoms with Crippen molar-refractivity contribution in [1.82, 2.24) is 0 Å². The minimum Gasteiger partial charge on any atom is -0.394 e. The molecular weight excluding hydrogens is 320 g/mol. The van der Waals surface area contributed by atoms with Gasteiger partial charge in [-0.1, -0.05) is 57.1 Å². The van der Waals surface area contributed by atoms with Crippen LogP contribution in [0.3, 0.4) is 0 Å². The van der Waals surface area contributed by atoms with Crippen LogP contribution in [0.2, 0.25) is 0 Å². The molecule has 1 aliphatic heterocycles. The van der Waals surface area contributed by atoms with Crippen molar-refractivity contribution in [1.29, 1.82) is 0 Å². The molecule has 0 spiro atoms. The molecule has 1 aliphatic rings. The van der Waals surface area contributed by atoms with Gasteiger partial charge >= 0.3 is 0 Å². The highest BCUT2D eigenvalue weighted by Crippen LogP contribution is 2.19. The van der Waals surface area contributed by atoms with E-state index in [0.717, 1.165) is 12.8 Å². The number of aliphatic hydroxyl groups excluding tert-OH is 3. The number of ether oxygens (including phenoxy) is 2. The molecule has 1 saturated heterocycles. The second-order valence-corrected chi connectivity index (χ2v) is 6.99. The molecule has 5 nitrogen and oxygen atoms in total. The smallest absolute Gasteiger partial charge is 0.114 e. The summed E-state index contributed by atoms with van der Waals surface area (Å²) < 4.78 is 10.8. The molecule has 1 rings (SSSR count). The van der Waals surface area contributed by atoms with Gasteiger partial charge in [0.25, 0.3) is 0 Å². The van der Waals surface area contributed by atoms with E-state index in [1.54, 1.807) is 0 Å². The van der Waals surface area contributed by atoms with Crippen LogP contribution in [0.15, 0.2) is 12.2 Å². The highest BCUT2D eigenvalue weighted by atomic mass is 16.6. The van der Waals surface area contributed by atoms with Crippen LogP contribution in [0.4, 0.5) is 0 Å². The number of hydrogen-bond donors (Lipinski definition) is 3. The third-order valence-corrected chi connectivity index (χ3v) is 4.82. The molecule has 1 heterocycles. The number of allylic oxidation sites excluding steroid dienone is 2. The fraction of sp³-hybridized carbons (Fsp3) is 0.900. The summed E-state index contributed by atoms with van der Waals surface area (Å²) >= 11 is 0. The Morgan fingerprint density at radius 1 is 0.960 bits per heavy atom. The zero-order valence-electron chi connectivity index (χ0n) is 15.8. The molecule has 25 heavy (non-hydrogen) atoms. The SMILES string of the molecule is C/C=C/CCCCCCCCCCCO[C@@H]1[C@@H](O)[C@H](CO)OC[C@H]1O. The number of unbranched alkanes of at least 4 members (excludes halogenated alkanes) is 9. The second kappa shape index (κ2) is 14.7. The molecule has 0 aromatic heterocycles. The monoisotopic (exact) mass is 358 g/mol. The van der Waals surface area contributed by atoms with Crippen molar-refractivity contribution in [3.8, 4) is 0 Å². The van der Waals surface area contributed by atoms with E-state index < -0.39 is 24.4 Å². The molecule has 0 saturated carbocycles. The molecule has 5 heteroatoms. The maximum atomic E-state index is 10.0. The van der Waals surface area contributed by atoms with Crippen molar-refractivity contribution in [2.24, 2.45) is 0 Å². The lowest BCUT2D eigenvalue weighted by Gasteiger charge is -2.37. The molecule has 0 aromatic carbocycles. The van der Waals surface area contributed by atoms with Gasteiger partial charge in [-0.3, -0.25) is 0 Å². The van der Waals surface area contributed by atoms with Crippen LogP contribution < -0.4 is 0 Å². The van der Waals surface area contributed by atoms with Crippen molar-refractivity contribution in [3.63, 3.8) is 0 Å². The summed E-state index contributed by atoms with van der Waals surface area (Å²) in [6, 6.07) is 0. The Morgan fingerprint density at radius 3 is 2.16 bits per heavy atom. The third kappa shape index (κ3) is 9.71. The van der Waals surface area contributed by atoms with Gasteiger partial charge in [-0.15, -0.1) is 0 Å². The Labute approximate surface area is 153 Å².